The van der Waals surface area contributed by atoms with Crippen molar-refractivity contribution in [1.82, 2.24) is 0 Å². The molecular weight excluding hydrogens is 160 g/mol. The van der Waals surface area contributed by atoms with Crippen molar-refractivity contribution in [3.63, 3.8) is 0 Å². The molecule has 0 spiro atoms. The number of azo groups is 1. The first-order valence-electron chi connectivity index (χ1n) is 5.43. The molecule has 0 amide bonds. The molecule has 0 aliphatic carbocycles. The number of rotatable bonds is 6. The third kappa shape index (κ3) is 2.94. The van der Waals surface area contributed by atoms with E-state index < -0.39 is 0 Å². The van der Waals surface area contributed by atoms with E-state index in [1.807, 2.05) is 6.20 Å². The van der Waals surface area contributed by atoms with Crippen LogP contribution in [-0.4, -0.2) is 5.54 Å². The molecule has 13 heavy (non-hydrogen) atoms. The average molecular weight is 180 g/mol. The highest BCUT2D eigenvalue weighted by atomic mass is 15.2. The van der Waals surface area contributed by atoms with Crippen molar-refractivity contribution in [3.8, 4) is 0 Å². The number of unbranched alkanes of at least 4 members (excludes halogenated alkanes) is 2. The van der Waals surface area contributed by atoms with Crippen LogP contribution in [0.25, 0.3) is 0 Å². The number of hydrogen-bond acceptors (Lipinski definition) is 2. The quantitative estimate of drug-likeness (QED) is 0.588. The van der Waals surface area contributed by atoms with Gasteiger partial charge in [-0.2, -0.15) is 10.2 Å². The van der Waals surface area contributed by atoms with Crippen LogP contribution in [0, 0.1) is 0 Å². The first-order chi connectivity index (χ1) is 6.33. The highest BCUT2D eigenvalue weighted by Gasteiger charge is 2.27. The lowest BCUT2D eigenvalue weighted by Crippen LogP contribution is -2.21. The second kappa shape index (κ2) is 5.15. The molecule has 0 bridgehead atoms. The van der Waals surface area contributed by atoms with Gasteiger partial charge in [-0.05, 0) is 18.9 Å². The minimum Gasteiger partial charge on any atom is -0.178 e. The van der Waals surface area contributed by atoms with Gasteiger partial charge in [0, 0.05) is 6.20 Å². The summed E-state index contributed by atoms with van der Waals surface area (Å²) in [6.07, 6.45) is 11.4. The molecule has 0 saturated heterocycles. The summed E-state index contributed by atoms with van der Waals surface area (Å²) in [5, 5.41) is 8.34. The molecule has 0 N–H and O–H groups in total. The van der Waals surface area contributed by atoms with Crippen LogP contribution in [0.1, 0.15) is 52.4 Å². The molecule has 0 aromatic rings. The van der Waals surface area contributed by atoms with Crippen molar-refractivity contribution in [2.45, 2.75) is 57.9 Å². The predicted molar refractivity (Wildman–Crippen MR) is 55.8 cm³/mol. The van der Waals surface area contributed by atoms with Gasteiger partial charge in [0.25, 0.3) is 0 Å². The molecule has 0 aromatic heterocycles. The highest BCUT2D eigenvalue weighted by Crippen LogP contribution is 2.31. The Balaban J connectivity index is 2.44. The summed E-state index contributed by atoms with van der Waals surface area (Å²) in [5.74, 6) is 0. The Bertz CT molecular complexity index is 172. The average Bonchev–Trinajstić information content (AvgIpc) is 2.61. The largest absolute Gasteiger partial charge is 0.178 e. The van der Waals surface area contributed by atoms with E-state index >= 15 is 0 Å². The van der Waals surface area contributed by atoms with E-state index in [1.165, 1.54) is 38.5 Å². The van der Waals surface area contributed by atoms with E-state index in [0.717, 1.165) is 0 Å². The van der Waals surface area contributed by atoms with Gasteiger partial charge in [-0.15, -0.1) is 0 Å². The first kappa shape index (κ1) is 10.4. The minimum absolute atomic E-state index is 0.0754. The predicted octanol–water partition coefficient (Wildman–Crippen LogP) is 4.09. The molecule has 0 atom stereocenters. The number of nitrogens with zero attached hydrogens (tertiary/aromatic N) is 2. The summed E-state index contributed by atoms with van der Waals surface area (Å²) >= 11 is 0. The zero-order valence-corrected chi connectivity index (χ0v) is 8.79. The maximum absolute atomic E-state index is 4.36. The number of hydrogen-bond donors (Lipinski definition) is 0. The molecule has 0 unspecified atom stereocenters. The molecule has 2 nitrogen and oxygen atoms in total. The fourth-order valence-electron chi connectivity index (χ4n) is 1.71. The van der Waals surface area contributed by atoms with Gasteiger partial charge in [0.1, 0.15) is 5.54 Å². The van der Waals surface area contributed by atoms with Crippen LogP contribution in [0.5, 0.6) is 0 Å². The maximum Gasteiger partial charge on any atom is 0.102 e. The Morgan fingerprint density at radius 2 is 1.69 bits per heavy atom. The van der Waals surface area contributed by atoms with Crippen molar-refractivity contribution in [2.75, 3.05) is 0 Å². The van der Waals surface area contributed by atoms with Crippen LogP contribution in [-0.2, 0) is 0 Å². The molecule has 1 aliphatic rings. The van der Waals surface area contributed by atoms with Gasteiger partial charge in [-0.1, -0.05) is 39.5 Å². The molecule has 74 valence electrons. The zero-order valence-electron chi connectivity index (χ0n) is 8.79. The Morgan fingerprint density at radius 1 is 1.08 bits per heavy atom. The Hall–Kier alpha value is -0.660. The van der Waals surface area contributed by atoms with E-state index in [2.05, 4.69) is 30.2 Å². The van der Waals surface area contributed by atoms with E-state index in [4.69, 9.17) is 0 Å². The van der Waals surface area contributed by atoms with Gasteiger partial charge in [0.2, 0.25) is 0 Å². The van der Waals surface area contributed by atoms with Crippen molar-refractivity contribution in [3.05, 3.63) is 12.3 Å². The molecule has 1 heterocycles. The minimum atomic E-state index is 0.0754. The van der Waals surface area contributed by atoms with Gasteiger partial charge >= 0.3 is 0 Å². The molecule has 0 aromatic carbocycles. The topological polar surface area (TPSA) is 24.7 Å². The third-order valence-corrected chi connectivity index (χ3v) is 2.63. The van der Waals surface area contributed by atoms with Crippen LogP contribution in [0.3, 0.4) is 0 Å². The summed E-state index contributed by atoms with van der Waals surface area (Å²) in [6, 6.07) is 0. The SMILES string of the molecule is CCCCC1(CCCC)C=CN=N1. The lowest BCUT2D eigenvalue weighted by Gasteiger charge is -2.21. The van der Waals surface area contributed by atoms with Crippen molar-refractivity contribution >= 4 is 0 Å². The van der Waals surface area contributed by atoms with Gasteiger partial charge in [-0.3, -0.25) is 0 Å². The van der Waals surface area contributed by atoms with Crippen molar-refractivity contribution < 1.29 is 0 Å². The van der Waals surface area contributed by atoms with Gasteiger partial charge in [-0.25, -0.2) is 0 Å². The van der Waals surface area contributed by atoms with Gasteiger partial charge in [0.05, 0.1) is 0 Å². The highest BCUT2D eigenvalue weighted by molar-refractivity contribution is 5.09. The molecule has 2 heteroatoms. The Morgan fingerprint density at radius 3 is 2.08 bits per heavy atom. The van der Waals surface area contributed by atoms with Crippen LogP contribution in [0.2, 0.25) is 0 Å². The second-order valence-corrected chi connectivity index (χ2v) is 3.84. The summed E-state index contributed by atoms with van der Waals surface area (Å²) in [5.41, 5.74) is 0.0754. The molecule has 0 saturated carbocycles. The van der Waals surface area contributed by atoms with Crippen LogP contribution < -0.4 is 0 Å². The molecule has 1 rings (SSSR count). The fraction of sp³-hybridized carbons (Fsp3) is 0.818. The van der Waals surface area contributed by atoms with E-state index in [9.17, 15) is 0 Å². The Labute approximate surface area is 81.1 Å². The van der Waals surface area contributed by atoms with Crippen LogP contribution in [0.4, 0.5) is 0 Å². The summed E-state index contributed by atoms with van der Waals surface area (Å²) in [7, 11) is 0. The van der Waals surface area contributed by atoms with E-state index in [1.54, 1.807) is 0 Å². The third-order valence-electron chi connectivity index (χ3n) is 2.63. The fourth-order valence-corrected chi connectivity index (χ4v) is 1.71. The van der Waals surface area contributed by atoms with Gasteiger partial charge in [0.15, 0.2) is 0 Å². The van der Waals surface area contributed by atoms with Crippen molar-refractivity contribution in [1.29, 1.82) is 0 Å². The lowest BCUT2D eigenvalue weighted by molar-refractivity contribution is 0.417. The summed E-state index contributed by atoms with van der Waals surface area (Å²) in [6.45, 7) is 4.45. The summed E-state index contributed by atoms with van der Waals surface area (Å²) < 4.78 is 0. The summed E-state index contributed by atoms with van der Waals surface area (Å²) in [4.78, 5) is 0. The molecule has 1 aliphatic heterocycles. The normalized spacial score (nSPS) is 18.3. The molecule has 0 fully saturated rings. The van der Waals surface area contributed by atoms with Crippen LogP contribution in [0.15, 0.2) is 22.5 Å². The van der Waals surface area contributed by atoms with E-state index in [0.29, 0.717) is 0 Å². The zero-order chi connectivity index (χ0) is 9.57. The maximum atomic E-state index is 4.36. The monoisotopic (exact) mass is 180 g/mol. The smallest absolute Gasteiger partial charge is 0.102 e. The van der Waals surface area contributed by atoms with Gasteiger partial charge < -0.3 is 0 Å². The van der Waals surface area contributed by atoms with Crippen LogP contribution >= 0.6 is 0 Å². The lowest BCUT2D eigenvalue weighted by atomic mass is 9.88. The van der Waals surface area contributed by atoms with Crippen molar-refractivity contribution in [2.24, 2.45) is 10.2 Å². The standard InChI is InChI=1S/C11H20N2/c1-3-5-7-11(8-6-4-2)9-10-12-13-11/h9-10H,3-8H2,1-2H3. The Kier molecular flexibility index (Phi) is 4.13. The first-order valence-corrected chi connectivity index (χ1v) is 5.43. The van der Waals surface area contributed by atoms with E-state index in [-0.39, 0.29) is 5.54 Å². The molecule has 0 radical (unpaired) electrons. The molecular formula is C11H20N2. The second-order valence-electron chi connectivity index (χ2n) is 3.84.